The second-order valence-electron chi connectivity index (χ2n) is 3.79. The topological polar surface area (TPSA) is 67.8 Å². The van der Waals surface area contributed by atoms with Gasteiger partial charge < -0.3 is 9.55 Å². The van der Waals surface area contributed by atoms with E-state index in [9.17, 15) is 9.59 Å². The second kappa shape index (κ2) is 4.83. The molecule has 1 N–H and O–H groups in total. The molecule has 0 fully saturated rings. The number of hydrogen-bond donors (Lipinski definition) is 1. The van der Waals surface area contributed by atoms with Gasteiger partial charge in [0.25, 0.3) is 0 Å². The van der Waals surface area contributed by atoms with Crippen molar-refractivity contribution < 1.29 is 0 Å². The summed E-state index contributed by atoms with van der Waals surface area (Å²) in [6.45, 7) is 2.57. The van der Waals surface area contributed by atoms with Crippen LogP contribution in [0.2, 0.25) is 0 Å². The first kappa shape index (κ1) is 12.0. The molecule has 2 aromatic rings. The molecule has 0 spiro atoms. The third-order valence-corrected chi connectivity index (χ3v) is 2.97. The maximum absolute atomic E-state index is 11.8. The van der Waals surface area contributed by atoms with E-state index in [0.29, 0.717) is 17.7 Å². The summed E-state index contributed by atoms with van der Waals surface area (Å²) in [6.07, 6.45) is 3.40. The first-order valence-corrected chi connectivity index (χ1v) is 6.21. The van der Waals surface area contributed by atoms with E-state index < -0.39 is 11.1 Å². The molecule has 0 radical (unpaired) electrons. The minimum Gasteiger partial charge on any atom is -0.301 e. The Morgan fingerprint density at radius 3 is 2.94 bits per heavy atom. The first-order valence-electron chi connectivity index (χ1n) is 5.42. The molecule has 2 aromatic heterocycles. The van der Waals surface area contributed by atoms with Gasteiger partial charge in [-0.1, -0.05) is 13.3 Å². The number of nitrogens with one attached hydrogen (secondary N) is 1. The lowest BCUT2D eigenvalue weighted by molar-refractivity contribution is 0.624. The van der Waals surface area contributed by atoms with Crippen molar-refractivity contribution in [2.75, 3.05) is 0 Å². The number of unbranched alkanes of at least 4 members (excludes halogenated alkanes) is 1. The monoisotopic (exact) mass is 297 g/mol. The summed E-state index contributed by atoms with van der Waals surface area (Å²) in [6, 6.07) is 1.79. The van der Waals surface area contributed by atoms with E-state index >= 15 is 0 Å². The average Bonchev–Trinajstić information content (AvgIpc) is 2.31. The highest BCUT2D eigenvalue weighted by Gasteiger charge is 2.08. The summed E-state index contributed by atoms with van der Waals surface area (Å²) in [5, 5.41) is 0. The fourth-order valence-corrected chi connectivity index (χ4v) is 1.98. The van der Waals surface area contributed by atoms with Crippen molar-refractivity contribution in [3.05, 3.63) is 37.4 Å². The SMILES string of the molecule is CCCCn1c(=O)c(=O)[nH]c2ncc(Br)cc21. The zero-order valence-electron chi connectivity index (χ0n) is 9.36. The van der Waals surface area contributed by atoms with Gasteiger partial charge >= 0.3 is 11.1 Å². The second-order valence-corrected chi connectivity index (χ2v) is 4.70. The fraction of sp³-hybridized carbons (Fsp3) is 0.364. The average molecular weight is 298 g/mol. The van der Waals surface area contributed by atoms with Crippen molar-refractivity contribution in [2.24, 2.45) is 0 Å². The van der Waals surface area contributed by atoms with E-state index in [1.54, 1.807) is 12.3 Å². The fourth-order valence-electron chi connectivity index (χ4n) is 1.66. The number of halogens is 1. The summed E-state index contributed by atoms with van der Waals surface area (Å²) in [7, 11) is 0. The highest BCUT2D eigenvalue weighted by molar-refractivity contribution is 9.10. The number of H-pyrrole nitrogens is 1. The molecule has 0 aromatic carbocycles. The molecule has 6 heteroatoms. The number of nitrogens with zero attached hydrogens (tertiary/aromatic N) is 2. The Balaban J connectivity index is 2.75. The molecular formula is C11H12BrN3O2. The summed E-state index contributed by atoms with van der Waals surface area (Å²) >= 11 is 3.31. The third kappa shape index (κ3) is 2.31. The van der Waals surface area contributed by atoms with Crippen LogP contribution in [-0.4, -0.2) is 14.5 Å². The lowest BCUT2D eigenvalue weighted by Crippen LogP contribution is -2.36. The van der Waals surface area contributed by atoms with Gasteiger partial charge in [-0.3, -0.25) is 9.59 Å². The highest BCUT2D eigenvalue weighted by Crippen LogP contribution is 2.13. The quantitative estimate of drug-likeness (QED) is 0.876. The van der Waals surface area contributed by atoms with Gasteiger partial charge in [0, 0.05) is 17.2 Å². The first-order chi connectivity index (χ1) is 8.13. The number of hydrogen-bond acceptors (Lipinski definition) is 3. The van der Waals surface area contributed by atoms with Crippen LogP contribution in [0.4, 0.5) is 0 Å². The molecule has 0 aliphatic rings. The predicted octanol–water partition coefficient (Wildman–Crippen LogP) is 1.65. The lowest BCUT2D eigenvalue weighted by Gasteiger charge is -2.08. The molecule has 0 unspecified atom stereocenters. The number of fused-ring (bicyclic) bond motifs is 1. The van der Waals surface area contributed by atoms with Crippen LogP contribution in [0.15, 0.2) is 26.3 Å². The summed E-state index contributed by atoms with van der Waals surface area (Å²) in [5.74, 6) is 0. The van der Waals surface area contributed by atoms with Crippen LogP contribution in [0.1, 0.15) is 19.8 Å². The van der Waals surface area contributed by atoms with Crippen molar-refractivity contribution in [2.45, 2.75) is 26.3 Å². The minimum atomic E-state index is -0.622. The Kier molecular flexibility index (Phi) is 3.42. The van der Waals surface area contributed by atoms with E-state index in [-0.39, 0.29) is 0 Å². The zero-order chi connectivity index (χ0) is 12.4. The summed E-state index contributed by atoms with van der Waals surface area (Å²) < 4.78 is 2.26. The van der Waals surface area contributed by atoms with Crippen LogP contribution in [-0.2, 0) is 6.54 Å². The Labute approximate surface area is 106 Å². The van der Waals surface area contributed by atoms with Gasteiger partial charge in [-0.05, 0) is 28.4 Å². The van der Waals surface area contributed by atoms with Crippen molar-refractivity contribution in [3.63, 3.8) is 0 Å². The molecule has 5 nitrogen and oxygen atoms in total. The number of aromatic nitrogens is 3. The van der Waals surface area contributed by atoms with Crippen LogP contribution >= 0.6 is 15.9 Å². The molecular weight excluding hydrogens is 286 g/mol. The van der Waals surface area contributed by atoms with Gasteiger partial charge in [-0.2, -0.15) is 0 Å². The molecule has 0 atom stereocenters. The van der Waals surface area contributed by atoms with E-state index in [2.05, 4.69) is 25.9 Å². The predicted molar refractivity (Wildman–Crippen MR) is 69.2 cm³/mol. The van der Waals surface area contributed by atoms with Crippen molar-refractivity contribution in [1.82, 2.24) is 14.5 Å². The van der Waals surface area contributed by atoms with E-state index in [1.165, 1.54) is 4.57 Å². The number of rotatable bonds is 3. The Morgan fingerprint density at radius 2 is 2.24 bits per heavy atom. The normalized spacial score (nSPS) is 10.9. The highest BCUT2D eigenvalue weighted by atomic mass is 79.9. The maximum Gasteiger partial charge on any atom is 0.316 e. The minimum absolute atomic E-state index is 0.439. The smallest absolute Gasteiger partial charge is 0.301 e. The summed E-state index contributed by atoms with van der Waals surface area (Å²) in [5.41, 5.74) is -0.0550. The Bertz CT molecular complexity index is 660. The van der Waals surface area contributed by atoms with E-state index in [4.69, 9.17) is 0 Å². The van der Waals surface area contributed by atoms with Crippen LogP contribution in [0, 0.1) is 0 Å². The van der Waals surface area contributed by atoms with Gasteiger partial charge in [-0.25, -0.2) is 4.98 Å². The Hall–Kier alpha value is -1.43. The molecule has 0 amide bonds. The number of aryl methyl sites for hydroxylation is 1. The third-order valence-electron chi connectivity index (χ3n) is 2.53. The number of aromatic amines is 1. The molecule has 17 heavy (non-hydrogen) atoms. The number of pyridine rings is 1. The standard InChI is InChI=1S/C11H12BrN3O2/c1-2-3-4-15-8-5-7(12)6-13-9(8)14-10(16)11(15)17/h5-6H,2-4H2,1H3,(H,13,14,16). The van der Waals surface area contributed by atoms with Gasteiger partial charge in [0.2, 0.25) is 0 Å². The molecule has 0 aliphatic carbocycles. The summed E-state index contributed by atoms with van der Waals surface area (Å²) in [4.78, 5) is 29.8. The van der Waals surface area contributed by atoms with Gasteiger partial charge in [0.05, 0.1) is 5.52 Å². The van der Waals surface area contributed by atoms with Crippen LogP contribution < -0.4 is 11.1 Å². The van der Waals surface area contributed by atoms with Crippen LogP contribution in [0.3, 0.4) is 0 Å². The van der Waals surface area contributed by atoms with Crippen molar-refractivity contribution in [3.8, 4) is 0 Å². The zero-order valence-corrected chi connectivity index (χ0v) is 11.0. The van der Waals surface area contributed by atoms with Gasteiger partial charge in [0.1, 0.15) is 0 Å². The molecule has 2 rings (SSSR count). The van der Waals surface area contributed by atoms with Gasteiger partial charge in [-0.15, -0.1) is 0 Å². The Morgan fingerprint density at radius 1 is 1.47 bits per heavy atom. The van der Waals surface area contributed by atoms with E-state index in [1.807, 2.05) is 6.92 Å². The van der Waals surface area contributed by atoms with Gasteiger partial charge in [0.15, 0.2) is 5.65 Å². The van der Waals surface area contributed by atoms with Crippen LogP contribution in [0.25, 0.3) is 11.2 Å². The maximum atomic E-state index is 11.8. The van der Waals surface area contributed by atoms with Crippen molar-refractivity contribution in [1.29, 1.82) is 0 Å². The molecule has 0 saturated carbocycles. The molecule has 0 bridgehead atoms. The molecule has 0 saturated heterocycles. The van der Waals surface area contributed by atoms with E-state index in [0.717, 1.165) is 17.3 Å². The van der Waals surface area contributed by atoms with Crippen LogP contribution in [0.5, 0.6) is 0 Å². The molecule has 2 heterocycles. The largest absolute Gasteiger partial charge is 0.316 e. The van der Waals surface area contributed by atoms with Crippen molar-refractivity contribution >= 4 is 27.1 Å². The molecule has 90 valence electrons. The molecule has 0 aliphatic heterocycles. The lowest BCUT2D eigenvalue weighted by atomic mass is 10.3.